The van der Waals surface area contributed by atoms with E-state index in [9.17, 15) is 23.2 Å². The summed E-state index contributed by atoms with van der Waals surface area (Å²) in [5.41, 5.74) is 2.15. The van der Waals surface area contributed by atoms with Gasteiger partial charge >= 0.3 is 12.0 Å². The number of carbonyl (C=O) groups excluding carboxylic acids is 2. The minimum atomic E-state index is -0.912. The van der Waals surface area contributed by atoms with Gasteiger partial charge in [-0.2, -0.15) is 0 Å². The number of carboxylic acid groups (broad SMARTS) is 1. The molecule has 3 atom stereocenters. The number of rotatable bonds is 6. The molecular formula is C24H20F2N2O4. The number of anilines is 2. The molecule has 0 spiro atoms. The maximum Gasteiger partial charge on any atom is 0.323 e. The summed E-state index contributed by atoms with van der Waals surface area (Å²) in [4.78, 5) is 35.4. The first-order chi connectivity index (χ1) is 15.3. The Kier molecular flexibility index (Phi) is 5.85. The van der Waals surface area contributed by atoms with E-state index in [0.29, 0.717) is 24.6 Å². The molecule has 3 N–H and O–H groups in total. The van der Waals surface area contributed by atoms with Crippen LogP contribution < -0.4 is 10.6 Å². The van der Waals surface area contributed by atoms with Crippen molar-refractivity contribution in [2.45, 2.75) is 12.8 Å². The van der Waals surface area contributed by atoms with E-state index >= 15 is 0 Å². The topological polar surface area (TPSA) is 95.5 Å². The van der Waals surface area contributed by atoms with E-state index in [1.54, 1.807) is 24.3 Å². The number of aliphatic carboxylic acids is 1. The molecule has 6 nitrogen and oxygen atoms in total. The zero-order valence-electron chi connectivity index (χ0n) is 16.8. The van der Waals surface area contributed by atoms with Crippen molar-refractivity contribution in [1.29, 1.82) is 0 Å². The van der Waals surface area contributed by atoms with Crippen molar-refractivity contribution in [2.24, 2.45) is 17.8 Å². The standard InChI is InChI=1S/C24H20F2N2O4/c25-16-7-10-21(20(26)11-16)28-24(32)27-17-8-5-14(6-9-17)13-1-3-15(4-2-13)22(29)18-12-19(18)23(30)31/h1-3,5-11,15,18-19H,4,12H2,(H,30,31)(H2,27,28,32)/t15?,18-,19-/m1/s1. The molecule has 0 aromatic heterocycles. The minimum Gasteiger partial charge on any atom is -0.481 e. The van der Waals surface area contributed by atoms with Crippen molar-refractivity contribution in [3.8, 4) is 0 Å². The van der Waals surface area contributed by atoms with Gasteiger partial charge in [-0.25, -0.2) is 13.6 Å². The average Bonchev–Trinajstić information content (AvgIpc) is 3.57. The van der Waals surface area contributed by atoms with Gasteiger partial charge in [-0.3, -0.25) is 9.59 Å². The van der Waals surface area contributed by atoms with Gasteiger partial charge < -0.3 is 15.7 Å². The second-order valence-electron chi connectivity index (χ2n) is 7.83. The molecule has 32 heavy (non-hydrogen) atoms. The van der Waals surface area contributed by atoms with Crippen LogP contribution in [0.1, 0.15) is 18.4 Å². The lowest BCUT2D eigenvalue weighted by Gasteiger charge is -2.16. The molecule has 0 heterocycles. The summed E-state index contributed by atoms with van der Waals surface area (Å²) in [6.45, 7) is 0. The highest BCUT2D eigenvalue weighted by atomic mass is 19.1. The van der Waals surface area contributed by atoms with Gasteiger partial charge in [-0.05, 0) is 48.2 Å². The van der Waals surface area contributed by atoms with Crippen LogP contribution in [-0.2, 0) is 9.59 Å². The Labute approximate surface area is 182 Å². The summed E-state index contributed by atoms with van der Waals surface area (Å²) < 4.78 is 26.6. The van der Waals surface area contributed by atoms with E-state index < -0.39 is 29.6 Å². The third kappa shape index (κ3) is 4.74. The van der Waals surface area contributed by atoms with E-state index in [-0.39, 0.29) is 23.3 Å². The Balaban J connectivity index is 1.32. The van der Waals surface area contributed by atoms with Crippen LogP contribution in [0.25, 0.3) is 5.57 Å². The summed E-state index contributed by atoms with van der Waals surface area (Å²) in [5, 5.41) is 13.9. The van der Waals surface area contributed by atoms with E-state index in [1.165, 1.54) is 0 Å². The number of halogens is 2. The van der Waals surface area contributed by atoms with Gasteiger partial charge in [-0.15, -0.1) is 0 Å². The Morgan fingerprint density at radius 3 is 2.31 bits per heavy atom. The van der Waals surface area contributed by atoms with E-state index in [4.69, 9.17) is 5.11 Å². The van der Waals surface area contributed by atoms with Crippen LogP contribution in [0.15, 0.2) is 60.7 Å². The first-order valence-electron chi connectivity index (χ1n) is 10.1. The van der Waals surface area contributed by atoms with Crippen molar-refractivity contribution in [2.75, 3.05) is 10.6 Å². The molecule has 0 radical (unpaired) electrons. The summed E-state index contributed by atoms with van der Waals surface area (Å²) >= 11 is 0. The Morgan fingerprint density at radius 2 is 1.72 bits per heavy atom. The lowest BCUT2D eigenvalue weighted by atomic mass is 9.88. The number of allylic oxidation sites excluding steroid dienone is 4. The summed E-state index contributed by atoms with van der Waals surface area (Å²) in [6.07, 6.45) is 6.53. The third-order valence-electron chi connectivity index (χ3n) is 5.59. The summed E-state index contributed by atoms with van der Waals surface area (Å²) in [5.74, 6) is -3.76. The number of benzene rings is 2. The van der Waals surface area contributed by atoms with Crippen molar-refractivity contribution in [1.82, 2.24) is 0 Å². The number of carbonyl (C=O) groups is 3. The van der Waals surface area contributed by atoms with Crippen molar-refractivity contribution in [3.63, 3.8) is 0 Å². The molecule has 0 aliphatic heterocycles. The molecule has 2 aliphatic rings. The van der Waals surface area contributed by atoms with Gasteiger partial charge in [0.15, 0.2) is 0 Å². The number of amides is 2. The predicted molar refractivity (Wildman–Crippen MR) is 115 cm³/mol. The zero-order chi connectivity index (χ0) is 22.8. The Bertz CT molecular complexity index is 1140. The zero-order valence-corrected chi connectivity index (χ0v) is 16.8. The number of hydrogen-bond donors (Lipinski definition) is 3. The molecule has 1 unspecified atom stereocenters. The molecular weight excluding hydrogens is 418 g/mol. The van der Waals surface area contributed by atoms with Crippen LogP contribution in [0, 0.1) is 29.4 Å². The fourth-order valence-corrected chi connectivity index (χ4v) is 3.72. The molecule has 2 aromatic carbocycles. The SMILES string of the molecule is O=C(Nc1ccc(C2=CCC(C(=O)[C@@H]3C[C@H]3C(=O)O)C=C2)cc1)Nc1ccc(F)cc1F. The van der Waals surface area contributed by atoms with Crippen LogP contribution in [-0.4, -0.2) is 22.9 Å². The molecule has 2 aromatic rings. The van der Waals surface area contributed by atoms with Crippen LogP contribution in [0.2, 0.25) is 0 Å². The monoisotopic (exact) mass is 438 g/mol. The Morgan fingerprint density at radius 1 is 0.969 bits per heavy atom. The number of Topliss-reactive ketones (excluding diaryl/α,β-unsaturated/α-hetero) is 1. The van der Waals surface area contributed by atoms with Crippen LogP contribution >= 0.6 is 0 Å². The third-order valence-corrected chi connectivity index (χ3v) is 5.59. The fourth-order valence-electron chi connectivity index (χ4n) is 3.72. The normalized spacial score (nSPS) is 21.4. The molecule has 2 aliphatic carbocycles. The molecule has 164 valence electrons. The van der Waals surface area contributed by atoms with E-state index in [2.05, 4.69) is 10.6 Å². The highest BCUT2D eigenvalue weighted by Gasteiger charge is 2.49. The highest BCUT2D eigenvalue weighted by molar-refractivity contribution is 6.00. The first-order valence-corrected chi connectivity index (χ1v) is 10.1. The molecule has 0 saturated heterocycles. The molecule has 1 saturated carbocycles. The van der Waals surface area contributed by atoms with Crippen molar-refractivity contribution >= 4 is 34.7 Å². The maximum absolute atomic E-state index is 13.6. The number of urea groups is 1. The van der Waals surface area contributed by atoms with Crippen LogP contribution in [0.5, 0.6) is 0 Å². The number of ketones is 1. The number of carboxylic acids is 1. The lowest BCUT2D eigenvalue weighted by Crippen LogP contribution is -2.20. The van der Waals surface area contributed by atoms with Crippen LogP contribution in [0.4, 0.5) is 25.0 Å². The van der Waals surface area contributed by atoms with Gasteiger partial charge in [0.1, 0.15) is 17.4 Å². The van der Waals surface area contributed by atoms with Gasteiger partial charge in [0.25, 0.3) is 0 Å². The average molecular weight is 438 g/mol. The maximum atomic E-state index is 13.6. The molecule has 1 fully saturated rings. The predicted octanol–water partition coefficient (Wildman–Crippen LogP) is 4.86. The molecule has 4 rings (SSSR count). The molecule has 2 amide bonds. The Hall–Kier alpha value is -3.81. The van der Waals surface area contributed by atoms with E-state index in [0.717, 1.165) is 23.3 Å². The van der Waals surface area contributed by atoms with Gasteiger partial charge in [0.05, 0.1) is 11.6 Å². The first kappa shape index (κ1) is 21.4. The summed E-state index contributed by atoms with van der Waals surface area (Å²) in [7, 11) is 0. The fraction of sp³-hybridized carbons (Fsp3) is 0.208. The minimum absolute atomic E-state index is 0.0212. The highest BCUT2D eigenvalue weighted by Crippen LogP contribution is 2.42. The second-order valence-corrected chi connectivity index (χ2v) is 7.83. The van der Waals surface area contributed by atoms with Gasteiger partial charge in [-0.1, -0.05) is 30.4 Å². The van der Waals surface area contributed by atoms with E-state index in [1.807, 2.05) is 18.2 Å². The van der Waals surface area contributed by atoms with Crippen molar-refractivity contribution < 1.29 is 28.3 Å². The number of nitrogens with one attached hydrogen (secondary N) is 2. The molecule has 0 bridgehead atoms. The van der Waals surface area contributed by atoms with Gasteiger partial charge in [0, 0.05) is 23.6 Å². The molecule has 8 heteroatoms. The lowest BCUT2D eigenvalue weighted by molar-refractivity contribution is -0.140. The van der Waals surface area contributed by atoms with Crippen molar-refractivity contribution in [3.05, 3.63) is 77.9 Å². The number of hydrogen-bond acceptors (Lipinski definition) is 3. The second kappa shape index (κ2) is 8.74. The quantitative estimate of drug-likeness (QED) is 0.600. The van der Waals surface area contributed by atoms with Gasteiger partial charge in [0.2, 0.25) is 0 Å². The van der Waals surface area contributed by atoms with Crippen LogP contribution in [0.3, 0.4) is 0 Å². The largest absolute Gasteiger partial charge is 0.481 e. The summed E-state index contributed by atoms with van der Waals surface area (Å²) in [6, 6.07) is 9.17. The smallest absolute Gasteiger partial charge is 0.323 e.